The molecule has 0 aromatic rings. The van der Waals surface area contributed by atoms with Gasteiger partial charge in [-0.15, -0.1) is 0 Å². The predicted octanol–water partition coefficient (Wildman–Crippen LogP) is 0.278. The highest BCUT2D eigenvalue weighted by atomic mass is 16.6. The van der Waals surface area contributed by atoms with Crippen molar-refractivity contribution in [3.63, 3.8) is 0 Å². The van der Waals surface area contributed by atoms with Crippen molar-refractivity contribution in [2.75, 3.05) is 86.2 Å². The molecule has 6 nitrogen and oxygen atoms in total. The smallest absolute Gasteiger partial charge is 0.0701 e. The summed E-state index contributed by atoms with van der Waals surface area (Å²) in [7, 11) is 2.14. The molecule has 1 rings (SSSR count). The summed E-state index contributed by atoms with van der Waals surface area (Å²) >= 11 is 0. The van der Waals surface area contributed by atoms with Crippen molar-refractivity contribution in [1.29, 1.82) is 0 Å². The first-order valence-electron chi connectivity index (χ1n) is 7.54. The summed E-state index contributed by atoms with van der Waals surface area (Å²) in [4.78, 5) is 4.71. The summed E-state index contributed by atoms with van der Waals surface area (Å²) in [5, 5.41) is 0. The highest BCUT2D eigenvalue weighted by Crippen LogP contribution is 2.00. The molecule has 0 bridgehead atoms. The van der Waals surface area contributed by atoms with Crippen LogP contribution in [0.3, 0.4) is 0 Å². The average molecular weight is 290 g/mol. The maximum Gasteiger partial charge on any atom is 0.0701 e. The maximum atomic E-state index is 5.54. The van der Waals surface area contributed by atoms with Gasteiger partial charge in [-0.2, -0.15) is 0 Å². The molecule has 1 aliphatic rings. The van der Waals surface area contributed by atoms with Crippen LogP contribution in [0.1, 0.15) is 6.92 Å². The van der Waals surface area contributed by atoms with E-state index in [4.69, 9.17) is 18.9 Å². The molecule has 0 spiro atoms. The Morgan fingerprint density at radius 1 is 0.750 bits per heavy atom. The van der Waals surface area contributed by atoms with Gasteiger partial charge in [0, 0.05) is 26.2 Å². The van der Waals surface area contributed by atoms with Crippen molar-refractivity contribution in [3.8, 4) is 0 Å². The molecule has 0 aromatic heterocycles. The molecule has 1 aliphatic heterocycles. The minimum Gasteiger partial charge on any atom is -0.379 e. The van der Waals surface area contributed by atoms with Gasteiger partial charge in [-0.1, -0.05) is 0 Å². The van der Waals surface area contributed by atoms with E-state index < -0.39 is 0 Å². The topological polar surface area (TPSA) is 43.4 Å². The minimum atomic E-state index is 0.617. The fourth-order valence-electron chi connectivity index (χ4n) is 1.98. The van der Waals surface area contributed by atoms with Crippen LogP contribution in [0.2, 0.25) is 0 Å². The first-order valence-corrected chi connectivity index (χ1v) is 7.54. The lowest BCUT2D eigenvalue weighted by molar-refractivity contribution is -0.00241. The van der Waals surface area contributed by atoms with Crippen LogP contribution < -0.4 is 0 Å². The number of hydrogen-bond acceptors (Lipinski definition) is 6. The third-order valence-electron chi connectivity index (χ3n) is 3.11. The van der Waals surface area contributed by atoms with Gasteiger partial charge in [0.25, 0.3) is 0 Å². The lowest BCUT2D eigenvalue weighted by atomic mass is 10.5. The average Bonchev–Trinajstić information content (AvgIpc) is 2.86. The summed E-state index contributed by atoms with van der Waals surface area (Å²) in [6.07, 6.45) is 0. The predicted molar refractivity (Wildman–Crippen MR) is 78.0 cm³/mol. The first-order chi connectivity index (χ1) is 9.83. The van der Waals surface area contributed by atoms with E-state index in [0.29, 0.717) is 39.6 Å². The van der Waals surface area contributed by atoms with Crippen LogP contribution in [0, 0.1) is 0 Å². The zero-order valence-corrected chi connectivity index (χ0v) is 13.0. The lowest BCUT2D eigenvalue weighted by Gasteiger charge is -2.15. The number of likely N-dealkylation sites (N-methyl/N-ethyl adjacent to an activating group) is 1. The summed E-state index contributed by atoms with van der Waals surface area (Å²) in [5.41, 5.74) is 0. The molecule has 0 aliphatic carbocycles. The standard InChI is InChI=1S/C14H30N2O4/c1-3-17-8-9-19-12-13-20-11-10-18-7-6-16-5-4-15(2)14-16/h3-14H2,1-2H3. The van der Waals surface area contributed by atoms with Crippen molar-refractivity contribution in [2.24, 2.45) is 0 Å². The summed E-state index contributed by atoms with van der Waals surface area (Å²) in [5.74, 6) is 0. The molecule has 6 heteroatoms. The van der Waals surface area contributed by atoms with E-state index >= 15 is 0 Å². The number of ether oxygens (including phenoxy) is 4. The highest BCUT2D eigenvalue weighted by Gasteiger charge is 2.15. The van der Waals surface area contributed by atoms with E-state index in [1.54, 1.807) is 0 Å². The molecule has 20 heavy (non-hydrogen) atoms. The fraction of sp³-hybridized carbons (Fsp3) is 1.00. The Kier molecular flexibility index (Phi) is 11.1. The second kappa shape index (κ2) is 12.5. The van der Waals surface area contributed by atoms with Gasteiger partial charge in [-0.25, -0.2) is 0 Å². The third-order valence-corrected chi connectivity index (χ3v) is 3.11. The molecule has 1 heterocycles. The zero-order chi connectivity index (χ0) is 14.5. The van der Waals surface area contributed by atoms with Gasteiger partial charge in [0.2, 0.25) is 0 Å². The van der Waals surface area contributed by atoms with Crippen molar-refractivity contribution >= 4 is 0 Å². The highest BCUT2D eigenvalue weighted by molar-refractivity contribution is 4.67. The molecule has 0 atom stereocenters. The van der Waals surface area contributed by atoms with Gasteiger partial charge >= 0.3 is 0 Å². The second-order valence-corrected chi connectivity index (χ2v) is 4.87. The van der Waals surface area contributed by atoms with E-state index in [1.807, 2.05) is 6.92 Å². The van der Waals surface area contributed by atoms with E-state index in [-0.39, 0.29) is 0 Å². The molecule has 0 radical (unpaired) electrons. The number of nitrogens with zero attached hydrogens (tertiary/aromatic N) is 2. The van der Waals surface area contributed by atoms with Crippen LogP contribution in [0.4, 0.5) is 0 Å². The molecule has 0 unspecified atom stereocenters. The van der Waals surface area contributed by atoms with Gasteiger partial charge in [0.1, 0.15) is 0 Å². The van der Waals surface area contributed by atoms with Gasteiger partial charge < -0.3 is 18.9 Å². The first kappa shape index (κ1) is 17.8. The van der Waals surface area contributed by atoms with Crippen LogP contribution >= 0.6 is 0 Å². The molecule has 1 saturated heterocycles. The normalized spacial score (nSPS) is 17.1. The number of rotatable bonds is 13. The summed E-state index contributed by atoms with van der Waals surface area (Å²) in [6, 6.07) is 0. The Morgan fingerprint density at radius 2 is 1.30 bits per heavy atom. The third kappa shape index (κ3) is 9.63. The van der Waals surface area contributed by atoms with Crippen LogP contribution in [-0.4, -0.2) is 96.0 Å². The quantitative estimate of drug-likeness (QED) is 0.454. The van der Waals surface area contributed by atoms with E-state index in [9.17, 15) is 0 Å². The Morgan fingerprint density at radius 3 is 1.80 bits per heavy atom. The lowest BCUT2D eigenvalue weighted by Crippen LogP contribution is -2.27. The summed E-state index contributed by atoms with van der Waals surface area (Å²) < 4.78 is 21.5. The maximum absolute atomic E-state index is 5.54. The van der Waals surface area contributed by atoms with E-state index in [0.717, 1.165) is 39.5 Å². The SMILES string of the molecule is CCOCCOCCOCCOCCN1CCN(C)C1. The second-order valence-electron chi connectivity index (χ2n) is 4.87. The molecular formula is C14H30N2O4. The molecule has 0 N–H and O–H groups in total. The molecular weight excluding hydrogens is 260 g/mol. The summed E-state index contributed by atoms with van der Waals surface area (Å²) in [6.45, 7) is 11.7. The Bertz CT molecular complexity index is 219. The fourth-order valence-corrected chi connectivity index (χ4v) is 1.98. The van der Waals surface area contributed by atoms with E-state index in [1.165, 1.54) is 0 Å². The van der Waals surface area contributed by atoms with Crippen LogP contribution in [0.15, 0.2) is 0 Å². The molecule has 1 fully saturated rings. The molecule has 0 saturated carbocycles. The molecule has 120 valence electrons. The monoisotopic (exact) mass is 290 g/mol. The Labute approximate surface area is 122 Å². The van der Waals surface area contributed by atoms with Crippen LogP contribution in [0.5, 0.6) is 0 Å². The number of hydrogen-bond donors (Lipinski definition) is 0. The van der Waals surface area contributed by atoms with E-state index in [2.05, 4.69) is 16.8 Å². The van der Waals surface area contributed by atoms with Crippen molar-refractivity contribution in [1.82, 2.24) is 9.80 Å². The van der Waals surface area contributed by atoms with Gasteiger partial charge in [0.15, 0.2) is 0 Å². The van der Waals surface area contributed by atoms with Gasteiger partial charge in [0.05, 0.1) is 52.9 Å². The van der Waals surface area contributed by atoms with Crippen molar-refractivity contribution < 1.29 is 18.9 Å². The van der Waals surface area contributed by atoms with Crippen LogP contribution in [0.25, 0.3) is 0 Å². The largest absolute Gasteiger partial charge is 0.379 e. The van der Waals surface area contributed by atoms with Crippen LogP contribution in [-0.2, 0) is 18.9 Å². The zero-order valence-electron chi connectivity index (χ0n) is 13.0. The minimum absolute atomic E-state index is 0.617. The van der Waals surface area contributed by atoms with Crippen molar-refractivity contribution in [3.05, 3.63) is 0 Å². The van der Waals surface area contributed by atoms with Crippen molar-refractivity contribution in [2.45, 2.75) is 6.92 Å². The molecule has 0 aromatic carbocycles. The Balaban J connectivity index is 1.70. The Hall–Kier alpha value is -0.240. The van der Waals surface area contributed by atoms with Gasteiger partial charge in [-0.05, 0) is 14.0 Å². The van der Waals surface area contributed by atoms with Gasteiger partial charge in [-0.3, -0.25) is 9.80 Å². The molecule has 0 amide bonds.